The van der Waals surface area contributed by atoms with Gasteiger partial charge in [0.25, 0.3) is 5.91 Å². The number of nitrogens with one attached hydrogen (secondary N) is 1. The molecule has 0 aliphatic carbocycles. The topological polar surface area (TPSA) is 51.5 Å². The van der Waals surface area contributed by atoms with Crippen LogP contribution >= 0.6 is 22.6 Å². The van der Waals surface area contributed by atoms with Gasteiger partial charge in [-0.05, 0) is 90.0 Å². The predicted molar refractivity (Wildman–Crippen MR) is 106 cm³/mol. The predicted octanol–water partition coefficient (Wildman–Crippen LogP) is 5.33. The van der Waals surface area contributed by atoms with Crippen molar-refractivity contribution in [2.45, 2.75) is 20.5 Å². The molecule has 1 aromatic heterocycles. The van der Waals surface area contributed by atoms with Crippen LogP contribution in [0.5, 0.6) is 5.75 Å². The lowest BCUT2D eigenvalue weighted by Gasteiger charge is -2.09. The largest absolute Gasteiger partial charge is 0.486 e. The maximum absolute atomic E-state index is 12.4. The Hall–Kier alpha value is -2.28. The second-order valence-corrected chi connectivity index (χ2v) is 6.96. The molecule has 1 heterocycles. The van der Waals surface area contributed by atoms with E-state index in [4.69, 9.17) is 9.15 Å². The number of rotatable bonds is 5. The quantitative estimate of drug-likeness (QED) is 0.538. The van der Waals surface area contributed by atoms with Crippen LogP contribution in [0.25, 0.3) is 0 Å². The molecule has 1 N–H and O–H groups in total. The summed E-state index contributed by atoms with van der Waals surface area (Å²) in [7, 11) is 0. The average molecular weight is 447 g/mol. The van der Waals surface area contributed by atoms with Gasteiger partial charge in [0.2, 0.25) is 0 Å². The fourth-order valence-electron chi connectivity index (χ4n) is 2.33. The first kappa shape index (κ1) is 17.5. The van der Waals surface area contributed by atoms with Gasteiger partial charge in [0, 0.05) is 9.26 Å². The van der Waals surface area contributed by atoms with Crippen molar-refractivity contribution in [3.63, 3.8) is 0 Å². The monoisotopic (exact) mass is 447 g/mol. The molecule has 25 heavy (non-hydrogen) atoms. The lowest BCUT2D eigenvalue weighted by atomic mass is 10.1. The van der Waals surface area contributed by atoms with Gasteiger partial charge in [0.1, 0.15) is 18.1 Å². The first-order valence-corrected chi connectivity index (χ1v) is 8.95. The standard InChI is InChI=1S/C20H18INO3/c1-13-4-3-5-18(14(13)2)22-20(23)19-11-10-17(25-19)12-24-16-8-6-15(21)7-9-16/h3-11H,12H2,1-2H3,(H,22,23). The number of carbonyl (C=O) groups excluding carboxylic acids is 1. The highest BCUT2D eigenvalue weighted by atomic mass is 127. The van der Waals surface area contributed by atoms with Gasteiger partial charge in [-0.3, -0.25) is 4.79 Å². The molecule has 0 saturated carbocycles. The van der Waals surface area contributed by atoms with Crippen molar-refractivity contribution < 1.29 is 13.9 Å². The van der Waals surface area contributed by atoms with E-state index in [0.717, 1.165) is 26.1 Å². The fourth-order valence-corrected chi connectivity index (χ4v) is 2.69. The molecule has 3 aromatic rings. The van der Waals surface area contributed by atoms with Crippen molar-refractivity contribution >= 4 is 34.2 Å². The molecule has 0 bridgehead atoms. The minimum atomic E-state index is -0.269. The third-order valence-corrected chi connectivity index (χ3v) is 4.65. The van der Waals surface area contributed by atoms with E-state index < -0.39 is 0 Å². The van der Waals surface area contributed by atoms with Crippen LogP contribution in [0.15, 0.2) is 59.0 Å². The Kier molecular flexibility index (Phi) is 5.43. The van der Waals surface area contributed by atoms with Crippen molar-refractivity contribution in [2.75, 3.05) is 5.32 Å². The second kappa shape index (κ2) is 7.74. The lowest BCUT2D eigenvalue weighted by Crippen LogP contribution is -2.12. The molecular weight excluding hydrogens is 429 g/mol. The zero-order valence-corrected chi connectivity index (χ0v) is 16.2. The molecular formula is C20H18INO3. The Morgan fingerprint density at radius 2 is 1.84 bits per heavy atom. The van der Waals surface area contributed by atoms with Gasteiger partial charge >= 0.3 is 0 Å². The van der Waals surface area contributed by atoms with Crippen molar-refractivity contribution in [1.29, 1.82) is 0 Å². The smallest absolute Gasteiger partial charge is 0.291 e. The number of halogens is 1. The molecule has 0 saturated heterocycles. The minimum Gasteiger partial charge on any atom is -0.486 e. The number of aryl methyl sites for hydroxylation is 1. The third-order valence-electron chi connectivity index (χ3n) is 3.93. The molecule has 0 spiro atoms. The molecule has 0 aliphatic rings. The molecule has 3 rings (SSSR count). The number of furan rings is 1. The van der Waals surface area contributed by atoms with Crippen LogP contribution in [0.4, 0.5) is 5.69 Å². The van der Waals surface area contributed by atoms with E-state index >= 15 is 0 Å². The Morgan fingerprint density at radius 1 is 1.08 bits per heavy atom. The summed E-state index contributed by atoms with van der Waals surface area (Å²) >= 11 is 2.24. The normalized spacial score (nSPS) is 10.5. The van der Waals surface area contributed by atoms with E-state index in [1.54, 1.807) is 12.1 Å². The zero-order chi connectivity index (χ0) is 17.8. The van der Waals surface area contributed by atoms with Gasteiger partial charge in [0.05, 0.1) is 0 Å². The molecule has 0 aliphatic heterocycles. The summed E-state index contributed by atoms with van der Waals surface area (Å²) in [6, 6.07) is 17.0. The van der Waals surface area contributed by atoms with E-state index in [2.05, 4.69) is 27.9 Å². The summed E-state index contributed by atoms with van der Waals surface area (Å²) in [5.74, 6) is 1.36. The van der Waals surface area contributed by atoms with E-state index in [9.17, 15) is 4.79 Å². The summed E-state index contributed by atoms with van der Waals surface area (Å²) in [6.07, 6.45) is 0. The Morgan fingerprint density at radius 3 is 2.60 bits per heavy atom. The van der Waals surface area contributed by atoms with E-state index in [-0.39, 0.29) is 18.3 Å². The van der Waals surface area contributed by atoms with Gasteiger partial charge < -0.3 is 14.5 Å². The van der Waals surface area contributed by atoms with Crippen LogP contribution in [-0.2, 0) is 6.61 Å². The molecule has 0 fully saturated rings. The summed E-state index contributed by atoms with van der Waals surface area (Å²) in [5, 5.41) is 2.89. The van der Waals surface area contributed by atoms with Gasteiger partial charge in [-0.1, -0.05) is 12.1 Å². The molecule has 0 radical (unpaired) electrons. The number of hydrogen-bond acceptors (Lipinski definition) is 3. The Labute approximate surface area is 160 Å². The number of anilines is 1. The number of carbonyl (C=O) groups is 1. The van der Waals surface area contributed by atoms with Crippen LogP contribution < -0.4 is 10.1 Å². The number of benzene rings is 2. The second-order valence-electron chi connectivity index (χ2n) is 5.71. The van der Waals surface area contributed by atoms with Crippen LogP contribution in [0.3, 0.4) is 0 Å². The van der Waals surface area contributed by atoms with Crippen LogP contribution in [0.1, 0.15) is 27.4 Å². The molecule has 5 heteroatoms. The average Bonchev–Trinajstić information content (AvgIpc) is 3.08. The summed E-state index contributed by atoms with van der Waals surface area (Å²) in [4.78, 5) is 12.4. The molecule has 0 atom stereocenters. The van der Waals surface area contributed by atoms with Gasteiger partial charge in [-0.25, -0.2) is 0 Å². The van der Waals surface area contributed by atoms with Crippen LogP contribution in [0.2, 0.25) is 0 Å². The van der Waals surface area contributed by atoms with Crippen LogP contribution in [0, 0.1) is 17.4 Å². The maximum atomic E-state index is 12.4. The molecule has 1 amide bonds. The van der Waals surface area contributed by atoms with E-state index in [1.165, 1.54) is 0 Å². The lowest BCUT2D eigenvalue weighted by molar-refractivity contribution is 0.0992. The SMILES string of the molecule is Cc1cccc(NC(=O)c2ccc(COc3ccc(I)cc3)o2)c1C. The molecule has 128 valence electrons. The van der Waals surface area contributed by atoms with Gasteiger partial charge in [-0.2, -0.15) is 0 Å². The Balaban J connectivity index is 1.63. The fraction of sp³-hybridized carbons (Fsp3) is 0.150. The highest BCUT2D eigenvalue weighted by Crippen LogP contribution is 2.20. The third kappa shape index (κ3) is 4.42. The van der Waals surface area contributed by atoms with Gasteiger partial charge in [0.15, 0.2) is 5.76 Å². The summed E-state index contributed by atoms with van der Waals surface area (Å²) in [5.41, 5.74) is 2.96. The van der Waals surface area contributed by atoms with Gasteiger partial charge in [-0.15, -0.1) is 0 Å². The first-order valence-electron chi connectivity index (χ1n) is 7.87. The van der Waals surface area contributed by atoms with Crippen molar-refractivity contribution in [1.82, 2.24) is 0 Å². The highest BCUT2D eigenvalue weighted by molar-refractivity contribution is 14.1. The number of hydrogen-bond donors (Lipinski definition) is 1. The number of ether oxygens (including phenoxy) is 1. The first-order chi connectivity index (χ1) is 12.0. The van der Waals surface area contributed by atoms with Crippen molar-refractivity contribution in [3.8, 4) is 5.75 Å². The minimum absolute atomic E-state index is 0.266. The maximum Gasteiger partial charge on any atom is 0.291 e. The van der Waals surface area contributed by atoms with Crippen molar-refractivity contribution in [2.24, 2.45) is 0 Å². The molecule has 4 nitrogen and oxygen atoms in total. The van der Waals surface area contributed by atoms with Crippen LogP contribution in [-0.4, -0.2) is 5.91 Å². The summed E-state index contributed by atoms with van der Waals surface area (Å²) < 4.78 is 12.4. The Bertz CT molecular complexity index is 884. The van der Waals surface area contributed by atoms with E-state index in [0.29, 0.717) is 5.76 Å². The zero-order valence-electron chi connectivity index (χ0n) is 14.0. The molecule has 0 unspecified atom stereocenters. The van der Waals surface area contributed by atoms with E-state index in [1.807, 2.05) is 56.3 Å². The summed E-state index contributed by atoms with van der Waals surface area (Å²) in [6.45, 7) is 4.27. The highest BCUT2D eigenvalue weighted by Gasteiger charge is 2.13. The number of amides is 1. The van der Waals surface area contributed by atoms with Crippen molar-refractivity contribution in [3.05, 3.63) is 80.8 Å². The molecule has 2 aromatic carbocycles.